The third-order valence-corrected chi connectivity index (χ3v) is 1.86. The van der Waals surface area contributed by atoms with Gasteiger partial charge in [0.1, 0.15) is 11.5 Å². The first-order chi connectivity index (χ1) is 5.66. The smallest absolute Gasteiger partial charge is 0.139 e. The Morgan fingerprint density at radius 3 is 3.00 bits per heavy atom. The Bertz CT molecular complexity index is 243. The highest BCUT2D eigenvalue weighted by atomic mass is 35.5. The zero-order valence-corrected chi connectivity index (χ0v) is 7.19. The molecule has 0 aromatic rings. The van der Waals surface area contributed by atoms with Crippen molar-refractivity contribution in [2.24, 2.45) is 0 Å². The first-order valence-electron chi connectivity index (χ1n) is 3.64. The number of hydrogen-bond donors (Lipinski definition) is 0. The van der Waals surface area contributed by atoms with Gasteiger partial charge in [0.15, 0.2) is 0 Å². The molecule has 0 aromatic carbocycles. The molecule has 0 heterocycles. The Morgan fingerprint density at radius 2 is 2.42 bits per heavy atom. The molecule has 3 heteroatoms. The summed E-state index contributed by atoms with van der Waals surface area (Å²) in [5.41, 5.74) is -0.352. The van der Waals surface area contributed by atoms with Crippen molar-refractivity contribution in [3.8, 4) is 0 Å². The molecule has 0 radical (unpaired) electrons. The van der Waals surface area contributed by atoms with Gasteiger partial charge >= 0.3 is 0 Å². The van der Waals surface area contributed by atoms with E-state index in [1.165, 1.54) is 29.8 Å². The van der Waals surface area contributed by atoms with Gasteiger partial charge in [0, 0.05) is 18.4 Å². The third kappa shape index (κ3) is 2.45. The second kappa shape index (κ2) is 3.85. The third-order valence-electron chi connectivity index (χ3n) is 1.68. The summed E-state index contributed by atoms with van der Waals surface area (Å²) in [6.45, 7) is 0. The molecule has 0 bridgehead atoms. The number of alkyl halides is 1. The summed E-state index contributed by atoms with van der Waals surface area (Å²) >= 11 is 5.24. The lowest BCUT2D eigenvalue weighted by Gasteiger charge is -2.20. The van der Waals surface area contributed by atoms with Crippen LogP contribution in [-0.2, 0) is 0 Å². The van der Waals surface area contributed by atoms with E-state index in [1.807, 2.05) is 0 Å². The highest BCUT2D eigenvalue weighted by Crippen LogP contribution is 2.31. The highest BCUT2D eigenvalue weighted by molar-refractivity contribution is 6.25. The minimum Gasteiger partial charge on any atom is -0.239 e. The average molecular weight is 191 g/mol. The molecule has 0 aliphatic heterocycles. The zero-order valence-electron chi connectivity index (χ0n) is 6.43. The predicted molar refractivity (Wildman–Crippen MR) is 46.4 cm³/mol. The molecule has 1 rings (SSSR count). The summed E-state index contributed by atoms with van der Waals surface area (Å²) in [5.74, 6) is -0.428. The van der Waals surface area contributed by atoms with E-state index in [2.05, 4.69) is 0 Å². The summed E-state index contributed by atoms with van der Waals surface area (Å²) in [7, 11) is 0. The Hall–Kier alpha value is -0.630. The molecule has 1 atom stereocenters. The van der Waals surface area contributed by atoms with Crippen LogP contribution in [0.25, 0.3) is 0 Å². The fourth-order valence-corrected chi connectivity index (χ4v) is 1.19. The SMILES string of the molecule is FC1=CC=CC(F)(CC=CCl)C1. The van der Waals surface area contributed by atoms with Crippen LogP contribution in [0.3, 0.4) is 0 Å². The number of hydrogen-bond acceptors (Lipinski definition) is 0. The van der Waals surface area contributed by atoms with Gasteiger partial charge in [0.05, 0.1) is 0 Å². The summed E-state index contributed by atoms with van der Waals surface area (Å²) in [5, 5.41) is 0. The van der Waals surface area contributed by atoms with E-state index in [-0.39, 0.29) is 12.8 Å². The molecular formula is C9H9ClF2. The zero-order chi connectivity index (χ0) is 9.03. The Balaban J connectivity index is 2.62. The lowest BCUT2D eigenvalue weighted by Crippen LogP contribution is -2.20. The minimum atomic E-state index is -1.59. The van der Waals surface area contributed by atoms with E-state index in [4.69, 9.17) is 11.6 Å². The maximum Gasteiger partial charge on any atom is 0.139 e. The summed E-state index contributed by atoms with van der Waals surface area (Å²) in [6, 6.07) is 0. The van der Waals surface area contributed by atoms with Crippen molar-refractivity contribution < 1.29 is 8.78 Å². The molecule has 0 spiro atoms. The normalized spacial score (nSPS) is 29.4. The van der Waals surface area contributed by atoms with Gasteiger partial charge in [-0.05, 0) is 12.2 Å². The van der Waals surface area contributed by atoms with E-state index < -0.39 is 11.5 Å². The molecule has 0 aromatic heterocycles. The molecule has 0 saturated heterocycles. The summed E-state index contributed by atoms with van der Waals surface area (Å²) < 4.78 is 26.2. The second-order valence-electron chi connectivity index (χ2n) is 2.75. The molecule has 0 amide bonds. The topological polar surface area (TPSA) is 0 Å². The van der Waals surface area contributed by atoms with Gasteiger partial charge in [-0.25, -0.2) is 8.78 Å². The first-order valence-corrected chi connectivity index (χ1v) is 4.08. The van der Waals surface area contributed by atoms with Crippen LogP contribution in [0.1, 0.15) is 12.8 Å². The molecule has 0 nitrogen and oxygen atoms in total. The maximum atomic E-state index is 13.5. The number of allylic oxidation sites excluding steroid dienone is 5. The number of rotatable bonds is 2. The van der Waals surface area contributed by atoms with Crippen molar-refractivity contribution in [1.29, 1.82) is 0 Å². The van der Waals surface area contributed by atoms with Crippen LogP contribution >= 0.6 is 11.6 Å². The molecule has 66 valence electrons. The van der Waals surface area contributed by atoms with Gasteiger partial charge in [-0.3, -0.25) is 0 Å². The maximum absolute atomic E-state index is 13.5. The van der Waals surface area contributed by atoms with Gasteiger partial charge in [0.2, 0.25) is 0 Å². The molecular weight excluding hydrogens is 182 g/mol. The van der Waals surface area contributed by atoms with Crippen molar-refractivity contribution in [3.63, 3.8) is 0 Å². The second-order valence-corrected chi connectivity index (χ2v) is 3.00. The fourth-order valence-electron chi connectivity index (χ4n) is 1.10. The van der Waals surface area contributed by atoms with Crippen LogP contribution in [0, 0.1) is 0 Å². The van der Waals surface area contributed by atoms with Gasteiger partial charge in [0.25, 0.3) is 0 Å². The molecule has 1 aliphatic carbocycles. The Morgan fingerprint density at radius 1 is 1.67 bits per heavy atom. The van der Waals surface area contributed by atoms with E-state index >= 15 is 0 Å². The lowest BCUT2D eigenvalue weighted by molar-refractivity contribution is 0.217. The largest absolute Gasteiger partial charge is 0.239 e. The lowest BCUT2D eigenvalue weighted by atomic mass is 9.93. The summed E-state index contributed by atoms with van der Waals surface area (Å²) in [4.78, 5) is 0. The monoisotopic (exact) mass is 190 g/mol. The van der Waals surface area contributed by atoms with E-state index in [9.17, 15) is 8.78 Å². The van der Waals surface area contributed by atoms with Gasteiger partial charge in [-0.1, -0.05) is 23.8 Å². The van der Waals surface area contributed by atoms with E-state index in [0.29, 0.717) is 0 Å². The van der Waals surface area contributed by atoms with Crippen LogP contribution in [0.4, 0.5) is 8.78 Å². The molecule has 1 aliphatic rings. The van der Waals surface area contributed by atoms with Crippen LogP contribution in [-0.4, -0.2) is 5.67 Å². The molecule has 0 fully saturated rings. The van der Waals surface area contributed by atoms with Gasteiger partial charge < -0.3 is 0 Å². The van der Waals surface area contributed by atoms with Gasteiger partial charge in [-0.15, -0.1) is 0 Å². The van der Waals surface area contributed by atoms with Crippen LogP contribution in [0.5, 0.6) is 0 Å². The first kappa shape index (κ1) is 9.46. The standard InChI is InChI=1S/C9H9ClF2/c10-6-2-5-9(12)4-1-3-8(11)7-9/h1-4,6H,5,7H2. The average Bonchev–Trinajstić information content (AvgIpc) is 2.01. The van der Waals surface area contributed by atoms with Crippen molar-refractivity contribution in [2.75, 3.05) is 0 Å². The summed E-state index contributed by atoms with van der Waals surface area (Å²) in [6.07, 6.45) is 5.42. The van der Waals surface area contributed by atoms with E-state index in [0.717, 1.165) is 0 Å². The van der Waals surface area contributed by atoms with Gasteiger partial charge in [-0.2, -0.15) is 0 Å². The van der Waals surface area contributed by atoms with Crippen molar-refractivity contribution in [2.45, 2.75) is 18.5 Å². The van der Waals surface area contributed by atoms with Crippen molar-refractivity contribution in [1.82, 2.24) is 0 Å². The molecule has 0 N–H and O–H groups in total. The van der Waals surface area contributed by atoms with Crippen LogP contribution in [0.15, 0.2) is 35.7 Å². The van der Waals surface area contributed by atoms with Crippen LogP contribution < -0.4 is 0 Å². The Labute approximate surface area is 75.2 Å². The predicted octanol–water partition coefficient (Wildman–Crippen LogP) is 3.65. The van der Waals surface area contributed by atoms with Crippen molar-refractivity contribution in [3.05, 3.63) is 35.7 Å². The van der Waals surface area contributed by atoms with Crippen molar-refractivity contribution >= 4 is 11.6 Å². The molecule has 12 heavy (non-hydrogen) atoms. The Kier molecular flexibility index (Phi) is 3.04. The molecule has 1 unspecified atom stereocenters. The fraction of sp³-hybridized carbons (Fsp3) is 0.333. The van der Waals surface area contributed by atoms with E-state index in [1.54, 1.807) is 0 Å². The highest BCUT2D eigenvalue weighted by Gasteiger charge is 2.28. The quantitative estimate of drug-likeness (QED) is 0.624. The minimum absolute atomic E-state index is 0.119. The molecule has 0 saturated carbocycles. The number of halogens is 3. The van der Waals surface area contributed by atoms with Crippen LogP contribution in [0.2, 0.25) is 0 Å².